The van der Waals surface area contributed by atoms with Gasteiger partial charge in [0.1, 0.15) is 11.5 Å². The third-order valence-corrected chi connectivity index (χ3v) is 5.63. The van der Waals surface area contributed by atoms with Crippen LogP contribution in [0.2, 0.25) is 0 Å². The Kier molecular flexibility index (Phi) is 6.06. The van der Waals surface area contributed by atoms with E-state index in [1.54, 1.807) is 7.11 Å². The Bertz CT molecular complexity index is 871. The van der Waals surface area contributed by atoms with Gasteiger partial charge in [-0.05, 0) is 23.8 Å². The number of benzene rings is 2. The number of rotatable bonds is 6. The van der Waals surface area contributed by atoms with Gasteiger partial charge in [0.15, 0.2) is 0 Å². The molecule has 5 heteroatoms. The summed E-state index contributed by atoms with van der Waals surface area (Å²) >= 11 is 0. The fourth-order valence-corrected chi connectivity index (χ4v) is 3.99. The van der Waals surface area contributed by atoms with Crippen molar-refractivity contribution in [3.63, 3.8) is 0 Å². The van der Waals surface area contributed by atoms with E-state index in [-0.39, 0.29) is 0 Å². The summed E-state index contributed by atoms with van der Waals surface area (Å²) in [6.07, 6.45) is 4.17. The molecule has 0 bridgehead atoms. The van der Waals surface area contributed by atoms with E-state index in [0.29, 0.717) is 12.3 Å². The third kappa shape index (κ3) is 4.74. The van der Waals surface area contributed by atoms with Crippen LogP contribution in [-0.4, -0.2) is 61.3 Å². The maximum absolute atomic E-state index is 10.6. The minimum atomic E-state index is 0.482. The zero-order chi connectivity index (χ0) is 20.1. The molecule has 4 rings (SSSR count). The number of hydrogen-bond acceptors (Lipinski definition) is 5. The second-order valence-corrected chi connectivity index (χ2v) is 7.61. The van der Waals surface area contributed by atoms with E-state index >= 15 is 0 Å². The summed E-state index contributed by atoms with van der Waals surface area (Å²) < 4.78 is 5.50. The highest BCUT2D eigenvalue weighted by Gasteiger charge is 2.22. The van der Waals surface area contributed by atoms with Gasteiger partial charge in [0, 0.05) is 51.0 Å². The van der Waals surface area contributed by atoms with Crippen LogP contribution in [-0.2, 0) is 6.54 Å². The summed E-state index contributed by atoms with van der Waals surface area (Å²) in [5, 5.41) is 10.6. The molecule has 1 saturated heterocycles. The molecular weight excluding hydrogens is 362 g/mol. The van der Waals surface area contributed by atoms with Crippen molar-refractivity contribution in [2.24, 2.45) is 0 Å². The molecule has 1 fully saturated rings. The number of para-hydroxylation sites is 2. The quantitative estimate of drug-likeness (QED) is 0.814. The van der Waals surface area contributed by atoms with Crippen LogP contribution in [0, 0.1) is 0 Å². The summed E-state index contributed by atoms with van der Waals surface area (Å²) in [5.41, 5.74) is 3.44. The molecule has 0 spiro atoms. The monoisotopic (exact) mass is 391 g/mol. The van der Waals surface area contributed by atoms with Gasteiger partial charge in [-0.1, -0.05) is 42.5 Å². The molecule has 0 aromatic heterocycles. The average molecular weight is 392 g/mol. The molecule has 2 aromatic rings. The molecule has 0 aliphatic carbocycles. The lowest BCUT2D eigenvalue weighted by atomic mass is 10.1. The van der Waals surface area contributed by atoms with E-state index in [2.05, 4.69) is 63.4 Å². The molecule has 1 N–H and O–H groups in total. The second-order valence-electron chi connectivity index (χ2n) is 7.61. The van der Waals surface area contributed by atoms with Crippen molar-refractivity contribution in [2.45, 2.75) is 6.54 Å². The summed E-state index contributed by atoms with van der Waals surface area (Å²) in [6.45, 7) is 6.03. The molecule has 0 radical (unpaired) electrons. The number of nitrogens with zero attached hydrogens (tertiary/aromatic N) is 3. The van der Waals surface area contributed by atoms with E-state index in [0.717, 1.165) is 56.3 Å². The molecule has 2 aliphatic heterocycles. The first kappa shape index (κ1) is 19.4. The van der Waals surface area contributed by atoms with Crippen LogP contribution >= 0.6 is 0 Å². The number of methoxy groups -OCH3 is 1. The van der Waals surface area contributed by atoms with Gasteiger partial charge in [0.2, 0.25) is 0 Å². The average Bonchev–Trinajstić information content (AvgIpc) is 2.77. The molecule has 0 saturated carbocycles. The Morgan fingerprint density at radius 1 is 0.897 bits per heavy atom. The number of anilines is 1. The first-order valence-electron chi connectivity index (χ1n) is 10.2. The number of piperazine rings is 1. The van der Waals surface area contributed by atoms with Crippen molar-refractivity contribution in [3.8, 4) is 5.75 Å². The maximum atomic E-state index is 10.6. The van der Waals surface area contributed by atoms with Gasteiger partial charge in [0.05, 0.1) is 19.3 Å². The minimum absolute atomic E-state index is 0.482. The van der Waals surface area contributed by atoms with Gasteiger partial charge in [-0.3, -0.25) is 4.90 Å². The van der Waals surface area contributed by atoms with Crippen molar-refractivity contribution < 1.29 is 9.84 Å². The summed E-state index contributed by atoms with van der Waals surface area (Å²) in [4.78, 5) is 6.93. The van der Waals surface area contributed by atoms with E-state index in [1.165, 1.54) is 5.56 Å². The van der Waals surface area contributed by atoms with Gasteiger partial charge in [0.25, 0.3) is 0 Å². The highest BCUT2D eigenvalue weighted by Crippen LogP contribution is 2.28. The number of aliphatic hydroxyl groups is 1. The molecule has 0 amide bonds. The zero-order valence-corrected chi connectivity index (χ0v) is 17.0. The highest BCUT2D eigenvalue weighted by atomic mass is 16.5. The smallest absolute Gasteiger partial charge is 0.142 e. The fourth-order valence-electron chi connectivity index (χ4n) is 3.99. The Morgan fingerprint density at radius 2 is 1.62 bits per heavy atom. The first-order valence-corrected chi connectivity index (χ1v) is 10.2. The largest absolute Gasteiger partial charge is 0.510 e. The van der Waals surface area contributed by atoms with Gasteiger partial charge in [-0.2, -0.15) is 0 Å². The van der Waals surface area contributed by atoms with Crippen molar-refractivity contribution in [3.05, 3.63) is 83.8 Å². The van der Waals surface area contributed by atoms with Crippen LogP contribution in [0.15, 0.2) is 78.2 Å². The molecule has 2 aliphatic rings. The van der Waals surface area contributed by atoms with E-state index in [9.17, 15) is 5.11 Å². The van der Waals surface area contributed by atoms with E-state index < -0.39 is 0 Å². The van der Waals surface area contributed by atoms with Crippen molar-refractivity contribution >= 4 is 5.69 Å². The number of aliphatic hydroxyl groups excluding tert-OH is 1. The van der Waals surface area contributed by atoms with Crippen LogP contribution in [0.25, 0.3) is 0 Å². The minimum Gasteiger partial charge on any atom is -0.510 e. The summed E-state index contributed by atoms with van der Waals surface area (Å²) in [7, 11) is 1.72. The fraction of sp³-hybridized carbons (Fsp3) is 0.333. The molecule has 5 nitrogen and oxygen atoms in total. The molecular formula is C24H29N3O2. The molecule has 2 heterocycles. The van der Waals surface area contributed by atoms with Gasteiger partial charge < -0.3 is 19.6 Å². The summed E-state index contributed by atoms with van der Waals surface area (Å²) in [5.74, 6) is 1.41. The van der Waals surface area contributed by atoms with Crippen LogP contribution < -0.4 is 9.64 Å². The van der Waals surface area contributed by atoms with Crippen LogP contribution in [0.5, 0.6) is 5.75 Å². The Balaban J connectivity index is 1.30. The van der Waals surface area contributed by atoms with Crippen molar-refractivity contribution in [1.82, 2.24) is 9.80 Å². The molecule has 29 heavy (non-hydrogen) atoms. The van der Waals surface area contributed by atoms with Crippen molar-refractivity contribution in [2.75, 3.05) is 51.3 Å². The zero-order valence-electron chi connectivity index (χ0n) is 17.0. The molecule has 0 unspecified atom stereocenters. The number of hydrogen-bond donors (Lipinski definition) is 1. The molecule has 152 valence electrons. The normalized spacial score (nSPS) is 17.7. The predicted octanol–water partition coefficient (Wildman–Crippen LogP) is 3.66. The lowest BCUT2D eigenvalue weighted by molar-refractivity contribution is 0.259. The first-order chi connectivity index (χ1) is 14.2. The molecule has 0 atom stereocenters. The number of ether oxygens (including phenoxy) is 1. The van der Waals surface area contributed by atoms with E-state index in [4.69, 9.17) is 4.74 Å². The van der Waals surface area contributed by atoms with Crippen molar-refractivity contribution in [1.29, 1.82) is 0 Å². The van der Waals surface area contributed by atoms with Gasteiger partial charge in [-0.15, -0.1) is 0 Å². The standard InChI is InChI=1S/C24H29N3O2/c1-29-24-10-6-5-9-22(24)27-15-13-25(14-16-27)18-21-11-12-26(19-23(21)28)17-20-7-3-2-4-8-20/h2-12,28H,13-19H2,1H3. The Labute approximate surface area is 173 Å². The van der Waals surface area contributed by atoms with Gasteiger partial charge in [-0.25, -0.2) is 0 Å². The van der Waals surface area contributed by atoms with E-state index in [1.807, 2.05) is 18.2 Å². The molecule has 2 aromatic carbocycles. The predicted molar refractivity (Wildman–Crippen MR) is 117 cm³/mol. The lowest BCUT2D eigenvalue weighted by Crippen LogP contribution is -2.47. The van der Waals surface area contributed by atoms with Crippen LogP contribution in [0.4, 0.5) is 5.69 Å². The van der Waals surface area contributed by atoms with Gasteiger partial charge >= 0.3 is 0 Å². The second kappa shape index (κ2) is 9.05. The summed E-state index contributed by atoms with van der Waals surface area (Å²) in [6, 6.07) is 18.6. The van der Waals surface area contributed by atoms with Crippen LogP contribution in [0.3, 0.4) is 0 Å². The Hall–Kier alpha value is -2.92. The van der Waals surface area contributed by atoms with Crippen LogP contribution in [0.1, 0.15) is 5.56 Å². The Morgan fingerprint density at radius 3 is 2.34 bits per heavy atom. The SMILES string of the molecule is COc1ccccc1N1CCN(CC2=C(O)CN(Cc3ccccc3)C=C2)CC1. The third-order valence-electron chi connectivity index (χ3n) is 5.63. The maximum Gasteiger partial charge on any atom is 0.142 e. The highest BCUT2D eigenvalue weighted by molar-refractivity contribution is 5.58. The lowest BCUT2D eigenvalue weighted by Gasteiger charge is -2.37. The topological polar surface area (TPSA) is 39.2 Å².